The molecule has 1 heterocycles. The maximum atomic E-state index is 11.4. The molecule has 12 heavy (non-hydrogen) atoms. The molecule has 0 unspecified atom stereocenters. The van der Waals surface area contributed by atoms with Gasteiger partial charge in [-0.05, 0) is 25.2 Å². The van der Waals surface area contributed by atoms with Crippen LogP contribution in [-0.4, -0.2) is 31.1 Å². The second-order valence-corrected chi connectivity index (χ2v) is 5.87. The molecule has 0 aromatic carbocycles. The van der Waals surface area contributed by atoms with Crippen LogP contribution < -0.4 is 0 Å². The minimum atomic E-state index is -2.83. The monoisotopic (exact) mass is 192 g/mol. The molecule has 0 aliphatic carbocycles. The molecule has 72 valence electrons. The first kappa shape index (κ1) is 9.99. The molecule has 0 aromatic heterocycles. The fourth-order valence-corrected chi connectivity index (χ4v) is 3.79. The van der Waals surface area contributed by atoms with E-state index in [1.807, 2.05) is 6.92 Å². The zero-order chi connectivity index (χ0) is 9.19. The number of rotatable bonds is 2. The van der Waals surface area contributed by atoms with E-state index in [0.29, 0.717) is 19.3 Å². The summed E-state index contributed by atoms with van der Waals surface area (Å²) in [7, 11) is -2.83. The molecule has 0 amide bonds. The van der Waals surface area contributed by atoms with Crippen LogP contribution in [0.1, 0.15) is 26.2 Å². The van der Waals surface area contributed by atoms with Gasteiger partial charge in [-0.1, -0.05) is 6.92 Å². The Morgan fingerprint density at radius 1 is 1.50 bits per heavy atom. The first-order chi connectivity index (χ1) is 5.60. The zero-order valence-electron chi connectivity index (χ0n) is 7.36. The fourth-order valence-electron chi connectivity index (χ4n) is 1.72. The number of hydrogen-bond donors (Lipinski definition) is 1. The van der Waals surface area contributed by atoms with E-state index in [1.54, 1.807) is 0 Å². The molecule has 4 heteroatoms. The maximum absolute atomic E-state index is 11.4. The third kappa shape index (κ3) is 1.98. The van der Waals surface area contributed by atoms with Crippen LogP contribution in [0.5, 0.6) is 0 Å². The number of sulfone groups is 1. The van der Waals surface area contributed by atoms with Gasteiger partial charge in [0.2, 0.25) is 0 Å². The van der Waals surface area contributed by atoms with Crippen molar-refractivity contribution < 1.29 is 13.5 Å². The van der Waals surface area contributed by atoms with Gasteiger partial charge in [0.1, 0.15) is 0 Å². The van der Waals surface area contributed by atoms with E-state index in [0.717, 1.165) is 0 Å². The SMILES string of the molecule is CC[C@H]1C[C@@H](CO)CCS1(=O)=O. The second-order valence-electron chi connectivity index (χ2n) is 3.47. The van der Waals surface area contributed by atoms with Crippen LogP contribution in [-0.2, 0) is 9.84 Å². The standard InChI is InChI=1S/C8H16O3S/c1-2-8-5-7(6-9)3-4-12(8,10)11/h7-9H,2-6H2,1H3/t7-,8-/m0/s1. The number of aliphatic hydroxyl groups excluding tert-OH is 1. The molecule has 1 aliphatic heterocycles. The predicted octanol–water partition coefficient (Wildman–Crippen LogP) is 0.582. The molecule has 1 fully saturated rings. The van der Waals surface area contributed by atoms with Crippen LogP contribution in [0.3, 0.4) is 0 Å². The summed E-state index contributed by atoms with van der Waals surface area (Å²) in [5.74, 6) is 0.468. The summed E-state index contributed by atoms with van der Waals surface area (Å²) >= 11 is 0. The molecule has 2 atom stereocenters. The van der Waals surface area contributed by atoms with Crippen molar-refractivity contribution in [3.05, 3.63) is 0 Å². The Kier molecular flexibility index (Phi) is 3.12. The predicted molar refractivity (Wildman–Crippen MR) is 47.7 cm³/mol. The molecule has 3 nitrogen and oxygen atoms in total. The summed E-state index contributed by atoms with van der Waals surface area (Å²) in [4.78, 5) is 0. The molecular formula is C8H16O3S. The van der Waals surface area contributed by atoms with Crippen LogP contribution in [0, 0.1) is 5.92 Å². The van der Waals surface area contributed by atoms with E-state index in [2.05, 4.69) is 0 Å². The van der Waals surface area contributed by atoms with Crippen molar-refractivity contribution in [1.82, 2.24) is 0 Å². The highest BCUT2D eigenvalue weighted by Gasteiger charge is 2.32. The third-order valence-electron chi connectivity index (χ3n) is 2.63. The molecule has 1 N–H and O–H groups in total. The Hall–Kier alpha value is -0.0900. The van der Waals surface area contributed by atoms with Gasteiger partial charge < -0.3 is 5.11 Å². The average molecular weight is 192 g/mol. The quantitative estimate of drug-likeness (QED) is 0.696. The van der Waals surface area contributed by atoms with Crippen molar-refractivity contribution in [2.45, 2.75) is 31.4 Å². The van der Waals surface area contributed by atoms with Gasteiger partial charge in [0.15, 0.2) is 9.84 Å². The largest absolute Gasteiger partial charge is 0.396 e. The summed E-state index contributed by atoms with van der Waals surface area (Å²) in [5, 5.41) is 8.67. The highest BCUT2D eigenvalue weighted by Crippen LogP contribution is 2.26. The smallest absolute Gasteiger partial charge is 0.153 e. The van der Waals surface area contributed by atoms with Crippen LogP contribution >= 0.6 is 0 Å². The summed E-state index contributed by atoms with van der Waals surface area (Å²) in [5.41, 5.74) is 0. The summed E-state index contributed by atoms with van der Waals surface area (Å²) in [6, 6.07) is 0. The van der Waals surface area contributed by atoms with E-state index in [-0.39, 0.29) is 23.5 Å². The second kappa shape index (κ2) is 3.75. The van der Waals surface area contributed by atoms with Crippen molar-refractivity contribution in [3.63, 3.8) is 0 Å². The van der Waals surface area contributed by atoms with Gasteiger partial charge in [-0.2, -0.15) is 0 Å². The molecule has 1 saturated heterocycles. The first-order valence-electron chi connectivity index (χ1n) is 4.42. The van der Waals surface area contributed by atoms with Gasteiger partial charge in [0, 0.05) is 6.61 Å². The van der Waals surface area contributed by atoms with Gasteiger partial charge in [-0.25, -0.2) is 8.42 Å². The van der Waals surface area contributed by atoms with Crippen LogP contribution in [0.25, 0.3) is 0 Å². The molecule has 0 bridgehead atoms. The van der Waals surface area contributed by atoms with E-state index < -0.39 is 9.84 Å². The Labute approximate surface area is 73.7 Å². The van der Waals surface area contributed by atoms with Crippen molar-refractivity contribution in [1.29, 1.82) is 0 Å². The zero-order valence-corrected chi connectivity index (χ0v) is 8.18. The highest BCUT2D eigenvalue weighted by molar-refractivity contribution is 7.92. The molecule has 0 radical (unpaired) electrons. The third-order valence-corrected chi connectivity index (χ3v) is 4.97. The number of aliphatic hydroxyl groups is 1. The van der Waals surface area contributed by atoms with Crippen LogP contribution in [0.15, 0.2) is 0 Å². The van der Waals surface area contributed by atoms with Crippen molar-refractivity contribution in [2.75, 3.05) is 12.4 Å². The molecular weight excluding hydrogens is 176 g/mol. The normalized spacial score (nSPS) is 34.8. The van der Waals surface area contributed by atoms with Gasteiger partial charge in [0.05, 0.1) is 11.0 Å². The van der Waals surface area contributed by atoms with Crippen molar-refractivity contribution >= 4 is 9.84 Å². The lowest BCUT2D eigenvalue weighted by Gasteiger charge is -2.26. The summed E-state index contributed by atoms with van der Waals surface area (Å²) in [6.07, 6.45) is 1.96. The minimum Gasteiger partial charge on any atom is -0.396 e. The van der Waals surface area contributed by atoms with E-state index in [1.165, 1.54) is 0 Å². The van der Waals surface area contributed by atoms with Crippen molar-refractivity contribution in [2.24, 2.45) is 5.92 Å². The van der Waals surface area contributed by atoms with E-state index in [9.17, 15) is 8.42 Å². The van der Waals surface area contributed by atoms with Crippen molar-refractivity contribution in [3.8, 4) is 0 Å². The first-order valence-corrected chi connectivity index (χ1v) is 6.14. The highest BCUT2D eigenvalue weighted by atomic mass is 32.2. The van der Waals surface area contributed by atoms with Gasteiger partial charge >= 0.3 is 0 Å². The molecule has 0 saturated carbocycles. The Bertz CT molecular complexity index is 233. The number of hydrogen-bond acceptors (Lipinski definition) is 3. The van der Waals surface area contributed by atoms with E-state index >= 15 is 0 Å². The van der Waals surface area contributed by atoms with E-state index in [4.69, 9.17) is 5.11 Å². The molecule has 1 rings (SSSR count). The lowest BCUT2D eigenvalue weighted by molar-refractivity contribution is 0.209. The minimum absolute atomic E-state index is 0.131. The molecule has 1 aliphatic rings. The Morgan fingerprint density at radius 3 is 2.67 bits per heavy atom. The van der Waals surface area contributed by atoms with Gasteiger partial charge in [-0.3, -0.25) is 0 Å². The lowest BCUT2D eigenvalue weighted by Crippen LogP contribution is -2.33. The average Bonchev–Trinajstić information content (AvgIpc) is 2.04. The fraction of sp³-hybridized carbons (Fsp3) is 1.00. The summed E-state index contributed by atoms with van der Waals surface area (Å²) in [6.45, 7) is 2.02. The lowest BCUT2D eigenvalue weighted by atomic mass is 9.99. The Morgan fingerprint density at radius 2 is 2.17 bits per heavy atom. The summed E-state index contributed by atoms with van der Waals surface area (Å²) < 4.78 is 22.8. The Balaban J connectivity index is 2.67. The van der Waals surface area contributed by atoms with Crippen LogP contribution in [0.2, 0.25) is 0 Å². The molecule has 0 spiro atoms. The van der Waals surface area contributed by atoms with Gasteiger partial charge in [-0.15, -0.1) is 0 Å². The van der Waals surface area contributed by atoms with Crippen LogP contribution in [0.4, 0.5) is 0 Å². The maximum Gasteiger partial charge on any atom is 0.153 e. The molecule has 0 aromatic rings. The van der Waals surface area contributed by atoms with Gasteiger partial charge in [0.25, 0.3) is 0 Å². The topological polar surface area (TPSA) is 54.4 Å².